The van der Waals surface area contributed by atoms with Gasteiger partial charge in [0.2, 0.25) is 5.95 Å². The van der Waals surface area contributed by atoms with Gasteiger partial charge in [-0.1, -0.05) is 0 Å². The number of hydrogen-bond acceptors (Lipinski definition) is 5. The lowest BCUT2D eigenvalue weighted by Crippen LogP contribution is -2.36. The van der Waals surface area contributed by atoms with Crippen molar-refractivity contribution in [3.63, 3.8) is 0 Å². The van der Waals surface area contributed by atoms with Crippen LogP contribution in [0.4, 0.5) is 5.95 Å². The van der Waals surface area contributed by atoms with E-state index in [0.717, 1.165) is 63.7 Å². The third kappa shape index (κ3) is 2.90. The van der Waals surface area contributed by atoms with E-state index in [-0.39, 0.29) is 6.10 Å². The van der Waals surface area contributed by atoms with Gasteiger partial charge in [0.15, 0.2) is 5.82 Å². The van der Waals surface area contributed by atoms with Crippen molar-refractivity contribution in [2.24, 2.45) is 11.7 Å². The summed E-state index contributed by atoms with van der Waals surface area (Å²) in [6, 6.07) is 0. The first kappa shape index (κ1) is 12.9. The molecule has 0 aromatic carbocycles. The Balaban J connectivity index is 1.61. The highest BCUT2D eigenvalue weighted by Gasteiger charge is 2.24. The average Bonchev–Trinajstić information content (AvgIpc) is 2.98. The highest BCUT2D eigenvalue weighted by atomic mass is 16.5. The molecule has 0 saturated carbocycles. The maximum absolute atomic E-state index is 5.73. The molecule has 3 heterocycles. The molecule has 2 saturated heterocycles. The maximum atomic E-state index is 5.73. The highest BCUT2D eigenvalue weighted by molar-refractivity contribution is 5.29. The molecule has 106 valence electrons. The maximum Gasteiger partial charge on any atom is 0.244 e. The van der Waals surface area contributed by atoms with Crippen molar-refractivity contribution in [2.45, 2.75) is 38.2 Å². The second kappa shape index (κ2) is 5.88. The standard InChI is InChI=1S/C13H23N5O/c14-9-10-4-6-18(7-5-10)13-15-12(16-17-13)11-3-1-2-8-19-11/h10-11H,1-9,14H2,(H,15,16,17). The summed E-state index contributed by atoms with van der Waals surface area (Å²) in [6.07, 6.45) is 5.80. The van der Waals surface area contributed by atoms with E-state index in [0.29, 0.717) is 5.92 Å². The van der Waals surface area contributed by atoms with Gasteiger partial charge in [-0.3, -0.25) is 5.10 Å². The van der Waals surface area contributed by atoms with E-state index < -0.39 is 0 Å². The Labute approximate surface area is 113 Å². The molecule has 6 heteroatoms. The first-order chi connectivity index (χ1) is 9.36. The van der Waals surface area contributed by atoms with Crippen LogP contribution >= 0.6 is 0 Å². The Morgan fingerprint density at radius 1 is 1.26 bits per heavy atom. The van der Waals surface area contributed by atoms with Crippen LogP contribution in [-0.2, 0) is 4.74 Å². The Morgan fingerprint density at radius 2 is 2.11 bits per heavy atom. The minimum absolute atomic E-state index is 0.108. The Kier molecular flexibility index (Phi) is 3.98. The van der Waals surface area contributed by atoms with E-state index in [2.05, 4.69) is 20.1 Å². The van der Waals surface area contributed by atoms with E-state index in [1.165, 1.54) is 6.42 Å². The van der Waals surface area contributed by atoms with E-state index in [1.807, 2.05) is 0 Å². The molecule has 3 N–H and O–H groups in total. The minimum atomic E-state index is 0.108. The van der Waals surface area contributed by atoms with Gasteiger partial charge < -0.3 is 15.4 Å². The second-order valence-corrected chi connectivity index (χ2v) is 5.54. The molecule has 19 heavy (non-hydrogen) atoms. The average molecular weight is 265 g/mol. The molecule has 0 aliphatic carbocycles. The fraction of sp³-hybridized carbons (Fsp3) is 0.846. The number of anilines is 1. The van der Waals surface area contributed by atoms with Gasteiger partial charge in [0, 0.05) is 19.7 Å². The zero-order valence-corrected chi connectivity index (χ0v) is 11.3. The lowest BCUT2D eigenvalue weighted by Gasteiger charge is -2.30. The van der Waals surface area contributed by atoms with Crippen molar-refractivity contribution in [2.75, 3.05) is 31.1 Å². The molecule has 0 spiro atoms. The summed E-state index contributed by atoms with van der Waals surface area (Å²) in [7, 11) is 0. The molecule has 1 unspecified atom stereocenters. The van der Waals surface area contributed by atoms with E-state index in [4.69, 9.17) is 10.5 Å². The predicted octanol–water partition coefficient (Wildman–Crippen LogP) is 1.22. The summed E-state index contributed by atoms with van der Waals surface area (Å²) in [4.78, 5) is 6.86. The quantitative estimate of drug-likeness (QED) is 0.859. The summed E-state index contributed by atoms with van der Waals surface area (Å²) in [6.45, 7) is 3.64. The van der Waals surface area contributed by atoms with Crippen LogP contribution in [0.15, 0.2) is 0 Å². The number of H-pyrrole nitrogens is 1. The third-order valence-corrected chi connectivity index (χ3v) is 4.21. The van der Waals surface area contributed by atoms with Gasteiger partial charge in [-0.25, -0.2) is 0 Å². The molecule has 1 atom stereocenters. The molecule has 6 nitrogen and oxygen atoms in total. The minimum Gasteiger partial charge on any atom is -0.370 e. The number of nitrogens with two attached hydrogens (primary N) is 1. The zero-order valence-electron chi connectivity index (χ0n) is 11.3. The Hall–Kier alpha value is -1.14. The molecular weight excluding hydrogens is 242 g/mol. The van der Waals surface area contributed by atoms with Gasteiger partial charge in [0.25, 0.3) is 0 Å². The summed E-state index contributed by atoms with van der Waals surface area (Å²) in [5.74, 6) is 2.37. The van der Waals surface area contributed by atoms with E-state index in [1.54, 1.807) is 0 Å². The summed E-state index contributed by atoms with van der Waals surface area (Å²) in [5, 5.41) is 7.39. The smallest absolute Gasteiger partial charge is 0.244 e. The van der Waals surface area contributed by atoms with Crippen LogP contribution in [-0.4, -0.2) is 41.4 Å². The molecule has 2 aliphatic rings. The Bertz CT molecular complexity index is 393. The highest BCUT2D eigenvalue weighted by Crippen LogP contribution is 2.27. The number of aromatic amines is 1. The van der Waals surface area contributed by atoms with Gasteiger partial charge in [0.1, 0.15) is 6.10 Å². The van der Waals surface area contributed by atoms with Gasteiger partial charge in [-0.15, -0.1) is 5.10 Å². The zero-order chi connectivity index (χ0) is 13.1. The topological polar surface area (TPSA) is 80.1 Å². The molecule has 0 radical (unpaired) electrons. The number of ether oxygens (including phenoxy) is 1. The van der Waals surface area contributed by atoms with Crippen LogP contribution in [0.2, 0.25) is 0 Å². The SMILES string of the molecule is NCC1CCN(c2n[nH]c(C3CCCCO3)n2)CC1. The van der Waals surface area contributed by atoms with Crippen LogP contribution in [0, 0.1) is 5.92 Å². The van der Waals surface area contributed by atoms with Crippen LogP contribution in [0.5, 0.6) is 0 Å². The number of aromatic nitrogens is 3. The lowest BCUT2D eigenvalue weighted by atomic mass is 9.97. The van der Waals surface area contributed by atoms with Crippen molar-refractivity contribution >= 4 is 5.95 Å². The Morgan fingerprint density at radius 3 is 2.79 bits per heavy atom. The van der Waals surface area contributed by atoms with Crippen LogP contribution in [0.1, 0.15) is 44.0 Å². The largest absolute Gasteiger partial charge is 0.370 e. The number of nitrogens with zero attached hydrogens (tertiary/aromatic N) is 3. The predicted molar refractivity (Wildman–Crippen MR) is 72.9 cm³/mol. The number of rotatable bonds is 3. The summed E-state index contributed by atoms with van der Waals surface area (Å²) >= 11 is 0. The lowest BCUT2D eigenvalue weighted by molar-refractivity contribution is 0.00968. The van der Waals surface area contributed by atoms with Crippen molar-refractivity contribution in [1.29, 1.82) is 0 Å². The second-order valence-electron chi connectivity index (χ2n) is 5.54. The molecule has 0 amide bonds. The van der Waals surface area contributed by atoms with E-state index in [9.17, 15) is 0 Å². The first-order valence-corrected chi connectivity index (χ1v) is 7.35. The van der Waals surface area contributed by atoms with Crippen molar-refractivity contribution in [3.05, 3.63) is 5.82 Å². The van der Waals surface area contributed by atoms with Gasteiger partial charge >= 0.3 is 0 Å². The first-order valence-electron chi connectivity index (χ1n) is 7.35. The van der Waals surface area contributed by atoms with Crippen LogP contribution in [0.25, 0.3) is 0 Å². The third-order valence-electron chi connectivity index (χ3n) is 4.21. The van der Waals surface area contributed by atoms with Gasteiger partial charge in [-0.05, 0) is 44.6 Å². The molecule has 1 aromatic heterocycles. The van der Waals surface area contributed by atoms with Crippen molar-refractivity contribution in [3.8, 4) is 0 Å². The molecule has 1 aromatic rings. The fourth-order valence-corrected chi connectivity index (χ4v) is 2.88. The number of nitrogens with one attached hydrogen (secondary N) is 1. The summed E-state index contributed by atoms with van der Waals surface area (Å²) < 4.78 is 5.73. The normalized spacial score (nSPS) is 25.7. The molecule has 2 aliphatic heterocycles. The van der Waals surface area contributed by atoms with Gasteiger partial charge in [0.05, 0.1) is 0 Å². The monoisotopic (exact) mass is 265 g/mol. The molecule has 0 bridgehead atoms. The van der Waals surface area contributed by atoms with Crippen LogP contribution < -0.4 is 10.6 Å². The summed E-state index contributed by atoms with van der Waals surface area (Å²) in [5.41, 5.74) is 5.72. The van der Waals surface area contributed by atoms with Gasteiger partial charge in [-0.2, -0.15) is 4.98 Å². The van der Waals surface area contributed by atoms with Crippen molar-refractivity contribution in [1.82, 2.24) is 15.2 Å². The van der Waals surface area contributed by atoms with Crippen molar-refractivity contribution < 1.29 is 4.74 Å². The van der Waals surface area contributed by atoms with E-state index >= 15 is 0 Å². The van der Waals surface area contributed by atoms with Crippen LogP contribution in [0.3, 0.4) is 0 Å². The number of piperidine rings is 1. The molecule has 2 fully saturated rings. The number of hydrogen-bond donors (Lipinski definition) is 2. The molecular formula is C13H23N5O. The fourth-order valence-electron chi connectivity index (χ4n) is 2.88. The molecule has 3 rings (SSSR count).